The molecule has 1 amide bonds. The Hall–Kier alpha value is -2.36. The summed E-state index contributed by atoms with van der Waals surface area (Å²) >= 11 is 0. The molecular weight excluding hydrogens is 288 g/mol. The molecule has 1 saturated heterocycles. The summed E-state index contributed by atoms with van der Waals surface area (Å²) in [5.41, 5.74) is 1.21. The normalized spacial score (nSPS) is 17.7. The maximum absolute atomic E-state index is 12.4. The SMILES string of the molecule is O=C(CCc1ccccc1)N1CCCC(Oc2ccncc2)C1. The molecule has 0 saturated carbocycles. The smallest absolute Gasteiger partial charge is 0.223 e. The van der Waals surface area contributed by atoms with Gasteiger partial charge in [-0.3, -0.25) is 9.78 Å². The standard InChI is InChI=1S/C19H22N2O2/c22-19(9-8-16-5-2-1-3-6-16)21-14-4-7-18(15-21)23-17-10-12-20-13-11-17/h1-3,5-6,10-13,18H,4,7-9,14-15H2. The summed E-state index contributed by atoms with van der Waals surface area (Å²) in [4.78, 5) is 18.4. The summed E-state index contributed by atoms with van der Waals surface area (Å²) in [7, 11) is 0. The van der Waals surface area contributed by atoms with Crippen LogP contribution in [0, 0.1) is 0 Å². The number of rotatable bonds is 5. The zero-order valence-corrected chi connectivity index (χ0v) is 13.2. The molecule has 2 aromatic rings. The van der Waals surface area contributed by atoms with Gasteiger partial charge in [0.1, 0.15) is 11.9 Å². The van der Waals surface area contributed by atoms with Gasteiger partial charge >= 0.3 is 0 Å². The van der Waals surface area contributed by atoms with Gasteiger partial charge < -0.3 is 9.64 Å². The van der Waals surface area contributed by atoms with Gasteiger partial charge in [0.05, 0.1) is 6.54 Å². The van der Waals surface area contributed by atoms with Crippen LogP contribution in [0.3, 0.4) is 0 Å². The van der Waals surface area contributed by atoms with Crippen LogP contribution >= 0.6 is 0 Å². The van der Waals surface area contributed by atoms with E-state index in [1.807, 2.05) is 35.2 Å². The van der Waals surface area contributed by atoms with Crippen molar-refractivity contribution in [3.8, 4) is 5.75 Å². The van der Waals surface area contributed by atoms with Crippen molar-refractivity contribution in [2.75, 3.05) is 13.1 Å². The number of aromatic nitrogens is 1. The number of pyridine rings is 1. The maximum atomic E-state index is 12.4. The second-order valence-corrected chi connectivity index (χ2v) is 5.89. The van der Waals surface area contributed by atoms with Crippen LogP contribution in [0.15, 0.2) is 54.9 Å². The van der Waals surface area contributed by atoms with E-state index in [-0.39, 0.29) is 12.0 Å². The van der Waals surface area contributed by atoms with Crippen LogP contribution in [-0.4, -0.2) is 35.0 Å². The Labute approximate surface area is 137 Å². The lowest BCUT2D eigenvalue weighted by Crippen LogP contribution is -2.44. The van der Waals surface area contributed by atoms with Gasteiger partial charge in [-0.2, -0.15) is 0 Å². The molecule has 0 bridgehead atoms. The van der Waals surface area contributed by atoms with Gasteiger partial charge in [-0.1, -0.05) is 30.3 Å². The first-order chi connectivity index (χ1) is 11.3. The van der Waals surface area contributed by atoms with Crippen LogP contribution in [-0.2, 0) is 11.2 Å². The number of carbonyl (C=O) groups excluding carboxylic acids is 1. The van der Waals surface area contributed by atoms with Gasteiger partial charge in [0.15, 0.2) is 0 Å². The lowest BCUT2D eigenvalue weighted by atomic mass is 10.1. The van der Waals surface area contributed by atoms with Gasteiger partial charge in [0.2, 0.25) is 5.91 Å². The zero-order valence-electron chi connectivity index (χ0n) is 13.2. The maximum Gasteiger partial charge on any atom is 0.223 e. The van der Waals surface area contributed by atoms with E-state index in [1.54, 1.807) is 12.4 Å². The van der Waals surface area contributed by atoms with E-state index >= 15 is 0 Å². The largest absolute Gasteiger partial charge is 0.488 e. The van der Waals surface area contributed by atoms with Crippen LogP contribution in [0.1, 0.15) is 24.8 Å². The predicted molar refractivity (Wildman–Crippen MR) is 89.2 cm³/mol. The molecule has 1 fully saturated rings. The van der Waals surface area contributed by atoms with Crippen LogP contribution < -0.4 is 4.74 Å². The van der Waals surface area contributed by atoms with Crippen LogP contribution in [0.2, 0.25) is 0 Å². The number of benzene rings is 1. The van der Waals surface area contributed by atoms with Crippen molar-refractivity contribution in [2.45, 2.75) is 31.8 Å². The molecule has 1 aliphatic heterocycles. The Balaban J connectivity index is 1.50. The van der Waals surface area contributed by atoms with Crippen molar-refractivity contribution < 1.29 is 9.53 Å². The van der Waals surface area contributed by atoms with E-state index in [0.29, 0.717) is 13.0 Å². The van der Waals surface area contributed by atoms with Crippen molar-refractivity contribution in [3.05, 3.63) is 60.4 Å². The number of hydrogen-bond donors (Lipinski definition) is 0. The first-order valence-corrected chi connectivity index (χ1v) is 8.19. The molecule has 0 spiro atoms. The molecule has 4 heteroatoms. The summed E-state index contributed by atoms with van der Waals surface area (Å²) in [5, 5.41) is 0. The number of piperidine rings is 1. The molecule has 2 heterocycles. The topological polar surface area (TPSA) is 42.4 Å². The van der Waals surface area contributed by atoms with E-state index in [4.69, 9.17) is 4.74 Å². The van der Waals surface area contributed by atoms with Crippen molar-refractivity contribution >= 4 is 5.91 Å². The first kappa shape index (κ1) is 15.5. The zero-order chi connectivity index (χ0) is 15.9. The molecule has 1 unspecified atom stereocenters. The molecule has 1 aromatic carbocycles. The van der Waals surface area contributed by atoms with Gasteiger partial charge in [0.25, 0.3) is 0 Å². The summed E-state index contributed by atoms with van der Waals surface area (Å²) < 4.78 is 5.96. The van der Waals surface area contributed by atoms with Crippen molar-refractivity contribution in [1.82, 2.24) is 9.88 Å². The van der Waals surface area contributed by atoms with E-state index in [2.05, 4.69) is 17.1 Å². The van der Waals surface area contributed by atoms with Crippen molar-refractivity contribution in [1.29, 1.82) is 0 Å². The van der Waals surface area contributed by atoms with Crippen LogP contribution in [0.4, 0.5) is 0 Å². The number of carbonyl (C=O) groups is 1. The number of nitrogens with zero attached hydrogens (tertiary/aromatic N) is 2. The Bertz CT molecular complexity index is 616. The second-order valence-electron chi connectivity index (χ2n) is 5.89. The molecule has 0 radical (unpaired) electrons. The molecular formula is C19H22N2O2. The summed E-state index contributed by atoms with van der Waals surface area (Å²) in [6.07, 6.45) is 6.86. The molecule has 0 aliphatic carbocycles. The number of hydrogen-bond acceptors (Lipinski definition) is 3. The number of amides is 1. The lowest BCUT2D eigenvalue weighted by Gasteiger charge is -2.33. The quantitative estimate of drug-likeness (QED) is 0.852. The predicted octanol–water partition coefficient (Wildman–Crippen LogP) is 3.08. The fourth-order valence-corrected chi connectivity index (χ4v) is 2.92. The van der Waals surface area contributed by atoms with E-state index in [0.717, 1.165) is 31.6 Å². The Morgan fingerprint density at radius 2 is 1.96 bits per heavy atom. The molecule has 3 rings (SSSR count). The monoisotopic (exact) mass is 310 g/mol. The average Bonchev–Trinajstić information content (AvgIpc) is 2.62. The highest BCUT2D eigenvalue weighted by Crippen LogP contribution is 2.18. The fourth-order valence-electron chi connectivity index (χ4n) is 2.92. The summed E-state index contributed by atoms with van der Waals surface area (Å²) in [6, 6.07) is 13.9. The molecule has 4 nitrogen and oxygen atoms in total. The highest BCUT2D eigenvalue weighted by atomic mass is 16.5. The van der Waals surface area contributed by atoms with Gasteiger partial charge in [-0.25, -0.2) is 0 Å². The summed E-state index contributed by atoms with van der Waals surface area (Å²) in [5.74, 6) is 1.04. The number of ether oxygens (including phenoxy) is 1. The number of aryl methyl sites for hydroxylation is 1. The minimum absolute atomic E-state index is 0.0758. The van der Waals surface area contributed by atoms with Crippen molar-refractivity contribution in [2.24, 2.45) is 0 Å². The highest BCUT2D eigenvalue weighted by molar-refractivity contribution is 5.76. The Kier molecular flexibility index (Phi) is 5.25. The highest BCUT2D eigenvalue weighted by Gasteiger charge is 2.24. The van der Waals surface area contributed by atoms with Gasteiger partial charge in [-0.05, 0) is 37.0 Å². The third kappa shape index (κ3) is 4.55. The van der Waals surface area contributed by atoms with Crippen LogP contribution in [0.5, 0.6) is 5.75 Å². The molecule has 120 valence electrons. The van der Waals surface area contributed by atoms with E-state index < -0.39 is 0 Å². The number of likely N-dealkylation sites (tertiary alicyclic amines) is 1. The molecule has 23 heavy (non-hydrogen) atoms. The van der Waals surface area contributed by atoms with Crippen LogP contribution in [0.25, 0.3) is 0 Å². The van der Waals surface area contributed by atoms with Crippen molar-refractivity contribution in [3.63, 3.8) is 0 Å². The molecule has 1 aliphatic rings. The van der Waals surface area contributed by atoms with Gasteiger partial charge in [0, 0.05) is 25.4 Å². The minimum atomic E-state index is 0.0758. The molecule has 0 N–H and O–H groups in total. The van der Waals surface area contributed by atoms with E-state index in [1.165, 1.54) is 5.56 Å². The third-order valence-electron chi connectivity index (χ3n) is 4.15. The first-order valence-electron chi connectivity index (χ1n) is 8.19. The molecule has 1 aromatic heterocycles. The Morgan fingerprint density at radius 3 is 2.74 bits per heavy atom. The minimum Gasteiger partial charge on any atom is -0.488 e. The fraction of sp³-hybridized carbons (Fsp3) is 0.368. The lowest BCUT2D eigenvalue weighted by molar-refractivity contribution is -0.133. The average molecular weight is 310 g/mol. The third-order valence-corrected chi connectivity index (χ3v) is 4.15. The van der Waals surface area contributed by atoms with Gasteiger partial charge in [-0.15, -0.1) is 0 Å². The summed E-state index contributed by atoms with van der Waals surface area (Å²) in [6.45, 7) is 1.51. The Morgan fingerprint density at radius 1 is 1.17 bits per heavy atom. The molecule has 1 atom stereocenters. The van der Waals surface area contributed by atoms with E-state index in [9.17, 15) is 4.79 Å². The second kappa shape index (κ2) is 7.77.